The molecule has 1 aliphatic heterocycles. The van der Waals surface area contributed by atoms with Gasteiger partial charge in [0.25, 0.3) is 0 Å². The van der Waals surface area contributed by atoms with E-state index in [-0.39, 0.29) is 6.61 Å². The van der Waals surface area contributed by atoms with Gasteiger partial charge in [0.05, 0.1) is 34.7 Å². The summed E-state index contributed by atoms with van der Waals surface area (Å²) in [6.45, 7) is 2.61. The monoisotopic (exact) mass is 406 g/mol. The highest BCUT2D eigenvalue weighted by Crippen LogP contribution is 2.30. The fourth-order valence-corrected chi connectivity index (χ4v) is 3.75. The standard InChI is InChI=1S/C18H20Cl2N6O/c19-13-2-1-3-15(17(13)20)26-18-14(10-23-26)24-16(11-22-18)25-7-4-12(5-8-25)21-6-9-27/h1-3,10-12,21,27H,4-9H2. The second-order valence-corrected chi connectivity index (χ2v) is 7.29. The first-order valence-electron chi connectivity index (χ1n) is 8.91. The first kappa shape index (κ1) is 18.4. The van der Waals surface area contributed by atoms with Crippen LogP contribution >= 0.6 is 23.2 Å². The number of aromatic nitrogens is 4. The molecule has 2 N–H and O–H groups in total. The maximum absolute atomic E-state index is 8.93. The maximum Gasteiger partial charge on any atom is 0.181 e. The van der Waals surface area contributed by atoms with Crippen molar-refractivity contribution < 1.29 is 5.11 Å². The first-order valence-corrected chi connectivity index (χ1v) is 9.67. The minimum atomic E-state index is 0.170. The predicted octanol–water partition coefficient (Wildman–Crippen LogP) is 2.67. The molecule has 0 radical (unpaired) electrons. The molecule has 27 heavy (non-hydrogen) atoms. The molecule has 1 fully saturated rings. The molecule has 7 nitrogen and oxygen atoms in total. The average molecular weight is 407 g/mol. The number of aliphatic hydroxyl groups excluding tert-OH is 1. The summed E-state index contributed by atoms with van der Waals surface area (Å²) >= 11 is 12.4. The van der Waals surface area contributed by atoms with Gasteiger partial charge in [0.15, 0.2) is 5.65 Å². The van der Waals surface area contributed by atoms with E-state index >= 15 is 0 Å². The summed E-state index contributed by atoms with van der Waals surface area (Å²) < 4.78 is 1.66. The van der Waals surface area contributed by atoms with Crippen molar-refractivity contribution in [3.8, 4) is 5.69 Å². The van der Waals surface area contributed by atoms with E-state index in [1.807, 2.05) is 12.1 Å². The molecule has 1 aromatic carbocycles. The largest absolute Gasteiger partial charge is 0.395 e. The molecule has 0 spiro atoms. The summed E-state index contributed by atoms with van der Waals surface area (Å²) in [6, 6.07) is 5.86. The normalized spacial score (nSPS) is 15.6. The quantitative estimate of drug-likeness (QED) is 0.677. The van der Waals surface area contributed by atoms with E-state index in [9.17, 15) is 0 Å². The van der Waals surface area contributed by atoms with Crippen molar-refractivity contribution in [2.24, 2.45) is 0 Å². The summed E-state index contributed by atoms with van der Waals surface area (Å²) in [5, 5.41) is 17.6. The van der Waals surface area contributed by atoms with Gasteiger partial charge in [0.2, 0.25) is 0 Å². The van der Waals surface area contributed by atoms with E-state index in [0.29, 0.717) is 39.5 Å². The smallest absolute Gasteiger partial charge is 0.181 e. The fraction of sp³-hybridized carbons (Fsp3) is 0.389. The second kappa shape index (κ2) is 7.98. The van der Waals surface area contributed by atoms with Crippen LogP contribution in [0.25, 0.3) is 16.9 Å². The Balaban J connectivity index is 1.56. The Bertz CT molecular complexity index is 939. The summed E-state index contributed by atoms with van der Waals surface area (Å²) in [5.74, 6) is 0.847. The molecule has 0 atom stereocenters. The molecule has 3 heterocycles. The molecular formula is C18H20Cl2N6O. The number of benzene rings is 1. The Morgan fingerprint density at radius 2 is 2.00 bits per heavy atom. The molecule has 3 aromatic rings. The number of anilines is 1. The number of nitrogens with one attached hydrogen (secondary N) is 1. The summed E-state index contributed by atoms with van der Waals surface area (Å²) in [6.07, 6.45) is 5.49. The minimum absolute atomic E-state index is 0.170. The number of halogens is 2. The Hall–Kier alpha value is -1.93. The van der Waals surface area contributed by atoms with Crippen LogP contribution in [0.15, 0.2) is 30.6 Å². The van der Waals surface area contributed by atoms with Crippen molar-refractivity contribution in [2.45, 2.75) is 18.9 Å². The topological polar surface area (TPSA) is 79.1 Å². The zero-order valence-electron chi connectivity index (χ0n) is 14.6. The number of fused-ring (bicyclic) bond motifs is 1. The van der Waals surface area contributed by atoms with Crippen LogP contribution in [0.2, 0.25) is 10.0 Å². The van der Waals surface area contributed by atoms with Crippen LogP contribution in [-0.2, 0) is 0 Å². The molecule has 0 aliphatic carbocycles. The van der Waals surface area contributed by atoms with E-state index in [1.54, 1.807) is 23.1 Å². The fourth-order valence-electron chi connectivity index (χ4n) is 3.37. The Morgan fingerprint density at radius 3 is 2.78 bits per heavy atom. The third-order valence-corrected chi connectivity index (χ3v) is 5.59. The van der Waals surface area contributed by atoms with Crippen molar-refractivity contribution >= 4 is 40.2 Å². The van der Waals surface area contributed by atoms with Crippen molar-refractivity contribution in [3.63, 3.8) is 0 Å². The van der Waals surface area contributed by atoms with Crippen LogP contribution in [0.5, 0.6) is 0 Å². The number of hydrogen-bond acceptors (Lipinski definition) is 6. The molecule has 2 aromatic heterocycles. The molecule has 0 saturated carbocycles. The Kier molecular flexibility index (Phi) is 5.45. The molecule has 0 amide bonds. The molecular weight excluding hydrogens is 387 g/mol. The highest BCUT2D eigenvalue weighted by molar-refractivity contribution is 6.43. The van der Waals surface area contributed by atoms with Gasteiger partial charge in [-0.15, -0.1) is 0 Å². The summed E-state index contributed by atoms with van der Waals surface area (Å²) in [5.41, 5.74) is 2.03. The minimum Gasteiger partial charge on any atom is -0.395 e. The van der Waals surface area contributed by atoms with E-state index in [1.165, 1.54) is 0 Å². The lowest BCUT2D eigenvalue weighted by atomic mass is 10.1. The van der Waals surface area contributed by atoms with Gasteiger partial charge in [-0.3, -0.25) is 0 Å². The van der Waals surface area contributed by atoms with Crippen LogP contribution in [-0.4, -0.2) is 57.1 Å². The van der Waals surface area contributed by atoms with Crippen molar-refractivity contribution in [3.05, 3.63) is 40.6 Å². The zero-order chi connectivity index (χ0) is 18.8. The van der Waals surface area contributed by atoms with Gasteiger partial charge in [0, 0.05) is 25.7 Å². The van der Waals surface area contributed by atoms with Crippen LogP contribution in [0, 0.1) is 0 Å². The molecule has 1 saturated heterocycles. The van der Waals surface area contributed by atoms with Gasteiger partial charge in [-0.05, 0) is 25.0 Å². The van der Waals surface area contributed by atoms with E-state index in [4.69, 9.17) is 33.3 Å². The average Bonchev–Trinajstić information content (AvgIpc) is 3.12. The zero-order valence-corrected chi connectivity index (χ0v) is 16.2. The number of hydrogen-bond donors (Lipinski definition) is 2. The van der Waals surface area contributed by atoms with Gasteiger partial charge in [-0.1, -0.05) is 29.3 Å². The lowest BCUT2D eigenvalue weighted by molar-refractivity contribution is 0.277. The van der Waals surface area contributed by atoms with Crippen molar-refractivity contribution in [2.75, 3.05) is 31.1 Å². The summed E-state index contributed by atoms with van der Waals surface area (Å²) in [7, 11) is 0. The van der Waals surface area contributed by atoms with E-state index < -0.39 is 0 Å². The molecule has 142 valence electrons. The Labute approximate surface area is 166 Å². The number of nitrogens with zero attached hydrogens (tertiary/aromatic N) is 5. The van der Waals surface area contributed by atoms with Gasteiger partial charge < -0.3 is 15.3 Å². The van der Waals surface area contributed by atoms with E-state index in [0.717, 1.165) is 31.7 Å². The van der Waals surface area contributed by atoms with E-state index in [2.05, 4.69) is 20.3 Å². The van der Waals surface area contributed by atoms with Crippen molar-refractivity contribution in [1.82, 2.24) is 25.1 Å². The lowest BCUT2D eigenvalue weighted by Gasteiger charge is -2.33. The molecule has 1 aliphatic rings. The number of rotatable bonds is 5. The van der Waals surface area contributed by atoms with Gasteiger partial charge in [0.1, 0.15) is 11.3 Å². The number of piperidine rings is 1. The first-order chi connectivity index (χ1) is 13.2. The SMILES string of the molecule is OCCNC1CCN(c2cnc3c(cnn3-c3cccc(Cl)c3Cl)n2)CC1. The third-order valence-electron chi connectivity index (χ3n) is 4.79. The Morgan fingerprint density at radius 1 is 1.19 bits per heavy atom. The van der Waals surface area contributed by atoms with Crippen LogP contribution in [0.3, 0.4) is 0 Å². The second-order valence-electron chi connectivity index (χ2n) is 6.51. The van der Waals surface area contributed by atoms with Gasteiger partial charge in [-0.25, -0.2) is 14.6 Å². The van der Waals surface area contributed by atoms with Gasteiger partial charge in [-0.2, -0.15) is 5.10 Å². The molecule has 0 bridgehead atoms. The van der Waals surface area contributed by atoms with Crippen LogP contribution in [0.1, 0.15) is 12.8 Å². The lowest BCUT2D eigenvalue weighted by Crippen LogP contribution is -2.43. The molecule has 4 rings (SSSR count). The molecule has 0 unspecified atom stereocenters. The maximum atomic E-state index is 8.93. The number of aliphatic hydroxyl groups is 1. The van der Waals surface area contributed by atoms with Gasteiger partial charge >= 0.3 is 0 Å². The summed E-state index contributed by atoms with van der Waals surface area (Å²) in [4.78, 5) is 11.5. The van der Waals surface area contributed by atoms with Crippen molar-refractivity contribution in [1.29, 1.82) is 0 Å². The third kappa shape index (κ3) is 3.73. The van der Waals surface area contributed by atoms with Crippen LogP contribution in [0.4, 0.5) is 5.82 Å². The predicted molar refractivity (Wildman–Crippen MR) is 107 cm³/mol. The highest BCUT2D eigenvalue weighted by atomic mass is 35.5. The highest BCUT2D eigenvalue weighted by Gasteiger charge is 2.21. The molecule has 9 heteroatoms. The van der Waals surface area contributed by atoms with Crippen LogP contribution < -0.4 is 10.2 Å².